The first kappa shape index (κ1) is 54.5. The van der Waals surface area contributed by atoms with Gasteiger partial charge in [-0.05, 0) is 41.7 Å². The minimum absolute atomic E-state index is 0.0887. The van der Waals surface area contributed by atoms with Crippen molar-refractivity contribution in [3.05, 3.63) is 118 Å². The number of H-pyrrole nitrogens is 1. The molecule has 376 valence electrons. The predicted octanol–water partition coefficient (Wildman–Crippen LogP) is 13.4. The summed E-state index contributed by atoms with van der Waals surface area (Å²) >= 11 is 0. The van der Waals surface area contributed by atoms with Crippen molar-refractivity contribution < 1.29 is 28.5 Å². The van der Waals surface area contributed by atoms with Gasteiger partial charge in [-0.25, -0.2) is 4.98 Å². The van der Waals surface area contributed by atoms with Gasteiger partial charge in [0.2, 0.25) is 5.95 Å². The molecule has 0 saturated carbocycles. The number of esters is 2. The van der Waals surface area contributed by atoms with E-state index in [9.17, 15) is 14.4 Å². The number of nitrogens with one attached hydrogen (secondary N) is 2. The van der Waals surface area contributed by atoms with Gasteiger partial charge in [-0.1, -0.05) is 215 Å². The van der Waals surface area contributed by atoms with Crippen molar-refractivity contribution >= 4 is 29.1 Å². The number of aromatic amines is 1. The van der Waals surface area contributed by atoms with Crippen LogP contribution in [0.15, 0.2) is 96.1 Å². The first-order valence-electron chi connectivity index (χ1n) is 26.3. The molecule has 0 amide bonds. The number of carbonyl (C=O) groups excluding carboxylic acids is 2. The number of fused-ring (bicyclic) bond motifs is 1. The van der Waals surface area contributed by atoms with E-state index in [1.807, 2.05) is 84.9 Å². The van der Waals surface area contributed by atoms with Crippen LogP contribution in [0.4, 0.5) is 5.95 Å². The Kier molecular flexibility index (Phi) is 24.9. The molecule has 0 radical (unpaired) electrons. The van der Waals surface area contributed by atoms with Gasteiger partial charge in [0, 0.05) is 12.8 Å². The van der Waals surface area contributed by atoms with Gasteiger partial charge in [-0.15, -0.1) is 0 Å². The molecule has 0 saturated heterocycles. The third kappa shape index (κ3) is 18.4. The third-order valence-corrected chi connectivity index (χ3v) is 13.0. The van der Waals surface area contributed by atoms with E-state index >= 15 is 0 Å². The van der Waals surface area contributed by atoms with E-state index in [-0.39, 0.29) is 49.0 Å². The van der Waals surface area contributed by atoms with E-state index in [1.165, 1.54) is 109 Å². The summed E-state index contributed by atoms with van der Waals surface area (Å²) < 4.78 is 24.9. The highest BCUT2D eigenvalue weighted by atomic mass is 16.6. The Balaban J connectivity index is 1.24. The van der Waals surface area contributed by atoms with E-state index in [4.69, 9.17) is 23.9 Å². The fraction of sp³-hybridized carbons (Fsp3) is 0.561. The van der Waals surface area contributed by atoms with Gasteiger partial charge in [0.15, 0.2) is 11.2 Å². The van der Waals surface area contributed by atoms with Gasteiger partial charge in [0.1, 0.15) is 37.3 Å². The Labute approximate surface area is 411 Å². The summed E-state index contributed by atoms with van der Waals surface area (Å²) in [4.78, 5) is 51.9. The first-order chi connectivity index (χ1) is 33.9. The fourth-order valence-corrected chi connectivity index (χ4v) is 8.93. The number of methoxy groups -OCH3 is 1. The molecule has 0 aliphatic carbocycles. The maximum absolute atomic E-state index is 13.7. The predicted molar refractivity (Wildman–Crippen MR) is 276 cm³/mol. The molecule has 2 N–H and O–H groups in total. The summed E-state index contributed by atoms with van der Waals surface area (Å²) in [7, 11) is 1.63. The second-order valence-corrected chi connectivity index (χ2v) is 18.5. The SMILES string of the molecule is CCCCCCCCCCCCCC(=O)OCC(COC(=O)CCCCCCCCCCCCC)OCn1cnc2c(=O)[nH]c(NC(c3ccccc3)(c3ccccc3)c3ccc(OC)cc3)nc21. The lowest BCUT2D eigenvalue weighted by atomic mass is 9.77. The van der Waals surface area contributed by atoms with Crippen LogP contribution in [0.2, 0.25) is 0 Å². The highest BCUT2D eigenvalue weighted by Crippen LogP contribution is 2.40. The molecule has 0 unspecified atom stereocenters. The number of benzene rings is 3. The second-order valence-electron chi connectivity index (χ2n) is 18.5. The molecule has 5 aromatic rings. The van der Waals surface area contributed by atoms with E-state index in [0.717, 1.165) is 55.2 Å². The van der Waals surface area contributed by atoms with Crippen molar-refractivity contribution in [1.82, 2.24) is 19.5 Å². The van der Waals surface area contributed by atoms with Gasteiger partial charge >= 0.3 is 11.9 Å². The molecule has 12 nitrogen and oxygen atoms in total. The number of unbranched alkanes of at least 4 members (excludes halogenated alkanes) is 20. The zero-order valence-electron chi connectivity index (χ0n) is 42.0. The van der Waals surface area contributed by atoms with Gasteiger partial charge < -0.3 is 24.3 Å². The molecule has 0 spiro atoms. The van der Waals surface area contributed by atoms with Crippen LogP contribution in [0.5, 0.6) is 5.75 Å². The lowest BCUT2D eigenvalue weighted by molar-refractivity contribution is -0.157. The van der Waals surface area contributed by atoms with Crippen LogP contribution in [-0.2, 0) is 36.1 Å². The fourth-order valence-electron chi connectivity index (χ4n) is 8.93. The standard InChI is InChI=1S/C57H81N5O7/c1-4-6-8-10-12-14-16-18-20-22-30-36-51(63)67-42-50(43-68-52(64)37-31-23-21-19-17-15-13-11-9-7-5-2)69-45-62-44-58-53-54(62)59-56(60-55(53)65)61-57(46-32-26-24-27-33-46,47-34-28-25-29-35-47)48-38-40-49(66-3)41-39-48/h24-29,32-35,38-41,44,50H,4-23,30-31,36-37,42-43,45H2,1-3H3,(H2,59,60,61,65). The Bertz CT molecular complexity index is 2150. The minimum Gasteiger partial charge on any atom is -0.497 e. The molecule has 0 aliphatic rings. The number of carbonyl (C=O) groups is 2. The smallest absolute Gasteiger partial charge is 0.305 e. The maximum atomic E-state index is 13.7. The van der Waals surface area contributed by atoms with Crippen LogP contribution in [0.3, 0.4) is 0 Å². The molecule has 12 heteroatoms. The number of rotatable bonds is 37. The highest BCUT2D eigenvalue weighted by molar-refractivity contribution is 5.72. The van der Waals surface area contributed by atoms with Crippen LogP contribution in [0, 0.1) is 0 Å². The van der Waals surface area contributed by atoms with E-state index in [2.05, 4.69) is 29.1 Å². The summed E-state index contributed by atoms with van der Waals surface area (Å²) in [6.07, 6.45) is 27.7. The van der Waals surface area contributed by atoms with Crippen LogP contribution in [0.25, 0.3) is 11.2 Å². The van der Waals surface area contributed by atoms with E-state index < -0.39 is 17.2 Å². The van der Waals surface area contributed by atoms with Crippen molar-refractivity contribution in [2.75, 3.05) is 25.6 Å². The van der Waals surface area contributed by atoms with Crippen LogP contribution >= 0.6 is 0 Å². The summed E-state index contributed by atoms with van der Waals surface area (Å²) in [5.41, 5.74) is 1.70. The first-order valence-corrected chi connectivity index (χ1v) is 26.3. The number of imidazole rings is 1. The summed E-state index contributed by atoms with van der Waals surface area (Å²) in [5, 5.41) is 3.64. The van der Waals surface area contributed by atoms with Gasteiger partial charge in [-0.2, -0.15) is 4.98 Å². The Hall–Kier alpha value is -5.49. The van der Waals surface area contributed by atoms with E-state index in [1.54, 1.807) is 11.7 Å². The quantitative estimate of drug-likeness (QED) is 0.0224. The molecule has 2 aromatic heterocycles. The molecule has 0 atom stereocenters. The van der Waals surface area contributed by atoms with Crippen LogP contribution in [0.1, 0.15) is 185 Å². The summed E-state index contributed by atoms with van der Waals surface area (Å²) in [5.74, 6) is 0.311. The zero-order valence-corrected chi connectivity index (χ0v) is 42.0. The highest BCUT2D eigenvalue weighted by Gasteiger charge is 2.37. The van der Waals surface area contributed by atoms with Crippen LogP contribution < -0.4 is 15.6 Å². The largest absolute Gasteiger partial charge is 0.497 e. The topological polar surface area (TPSA) is 147 Å². The number of nitrogens with zero attached hydrogens (tertiary/aromatic N) is 3. The monoisotopic (exact) mass is 948 g/mol. The molecule has 69 heavy (non-hydrogen) atoms. The van der Waals surface area contributed by atoms with Crippen molar-refractivity contribution in [3.63, 3.8) is 0 Å². The second kappa shape index (κ2) is 31.6. The lowest BCUT2D eigenvalue weighted by Crippen LogP contribution is -2.39. The third-order valence-electron chi connectivity index (χ3n) is 13.0. The molecular formula is C57H81N5O7. The zero-order chi connectivity index (χ0) is 48.8. The molecule has 3 aromatic carbocycles. The number of hydrogen-bond acceptors (Lipinski definition) is 10. The minimum atomic E-state index is -1.00. The van der Waals surface area contributed by atoms with Gasteiger partial charge in [0.05, 0.1) is 13.4 Å². The number of ether oxygens (including phenoxy) is 4. The van der Waals surface area contributed by atoms with Crippen molar-refractivity contribution in [3.8, 4) is 5.75 Å². The summed E-state index contributed by atoms with van der Waals surface area (Å²) in [6, 6.07) is 27.8. The molecule has 2 heterocycles. The average molecular weight is 948 g/mol. The lowest BCUT2D eigenvalue weighted by Gasteiger charge is -2.37. The Morgan fingerprint density at radius 2 is 1.04 bits per heavy atom. The van der Waals surface area contributed by atoms with Gasteiger partial charge in [-0.3, -0.25) is 23.9 Å². The number of aromatic nitrogens is 4. The molecule has 0 aliphatic heterocycles. The Morgan fingerprint density at radius 1 is 0.609 bits per heavy atom. The van der Waals surface area contributed by atoms with Crippen LogP contribution in [-0.4, -0.2) is 57.9 Å². The molecule has 0 fully saturated rings. The van der Waals surface area contributed by atoms with Crippen molar-refractivity contribution in [2.24, 2.45) is 0 Å². The number of hydrogen-bond donors (Lipinski definition) is 2. The molecular weight excluding hydrogens is 867 g/mol. The average Bonchev–Trinajstić information content (AvgIpc) is 3.80. The Morgan fingerprint density at radius 3 is 1.49 bits per heavy atom. The summed E-state index contributed by atoms with van der Waals surface area (Å²) in [6.45, 7) is 4.22. The molecule has 0 bridgehead atoms. The van der Waals surface area contributed by atoms with Crippen molar-refractivity contribution in [2.45, 2.75) is 186 Å². The van der Waals surface area contributed by atoms with Gasteiger partial charge in [0.25, 0.3) is 5.56 Å². The van der Waals surface area contributed by atoms with Crippen molar-refractivity contribution in [1.29, 1.82) is 0 Å². The normalized spacial score (nSPS) is 11.6. The number of anilines is 1. The van der Waals surface area contributed by atoms with E-state index in [0.29, 0.717) is 18.6 Å². The molecule has 5 rings (SSSR count). The maximum Gasteiger partial charge on any atom is 0.305 e.